The quantitative estimate of drug-likeness (QED) is 0.760. The summed E-state index contributed by atoms with van der Waals surface area (Å²) < 4.78 is 5.03. The fraction of sp³-hybridized carbons (Fsp3) is 0.562. The van der Waals surface area contributed by atoms with Crippen LogP contribution in [-0.2, 0) is 25.5 Å². The van der Waals surface area contributed by atoms with Crippen molar-refractivity contribution >= 4 is 29.1 Å². The van der Waals surface area contributed by atoms with Gasteiger partial charge in [0.1, 0.15) is 0 Å². The fourth-order valence-electron chi connectivity index (χ4n) is 2.58. The number of piperidine rings is 1. The highest BCUT2D eigenvalue weighted by Crippen LogP contribution is 2.17. The van der Waals surface area contributed by atoms with E-state index < -0.39 is 0 Å². The summed E-state index contributed by atoms with van der Waals surface area (Å²) in [6.45, 7) is 0.754. The van der Waals surface area contributed by atoms with Crippen molar-refractivity contribution < 1.29 is 19.1 Å². The summed E-state index contributed by atoms with van der Waals surface area (Å²) in [4.78, 5) is 37.6. The van der Waals surface area contributed by atoms with Gasteiger partial charge in [-0.3, -0.25) is 14.4 Å². The average Bonchev–Trinajstić information content (AvgIpc) is 3.06. The molecule has 1 fully saturated rings. The first kappa shape index (κ1) is 17.5. The Bertz CT molecular complexity index is 536. The number of carbonyl (C=O) groups excluding carboxylic acids is 3. The van der Waals surface area contributed by atoms with Crippen LogP contribution in [0.1, 0.15) is 30.6 Å². The number of aryl methyl sites for hydroxylation is 1. The van der Waals surface area contributed by atoms with Crippen LogP contribution < -0.4 is 5.73 Å². The van der Waals surface area contributed by atoms with Crippen LogP contribution >= 0.6 is 11.3 Å². The second-order valence-corrected chi connectivity index (χ2v) is 6.68. The number of thiophene rings is 1. The standard InChI is InChI=1S/C16H22N2O4S/c17-16(21)12-6-8-18(9-7-12)14(19)11-22-15(20)5-1-3-13-4-2-10-23-13/h2,4,10,12H,1,3,5-9,11H2,(H2,17,21). The van der Waals surface area contributed by atoms with Crippen LogP contribution in [0.4, 0.5) is 0 Å². The molecule has 0 aliphatic carbocycles. The lowest BCUT2D eigenvalue weighted by atomic mass is 9.96. The van der Waals surface area contributed by atoms with E-state index in [1.807, 2.05) is 17.5 Å². The Morgan fingerprint density at radius 2 is 2.04 bits per heavy atom. The molecule has 1 aromatic heterocycles. The zero-order valence-electron chi connectivity index (χ0n) is 13.0. The Hall–Kier alpha value is -1.89. The number of nitrogens with two attached hydrogens (primary N) is 1. The van der Waals surface area contributed by atoms with Crippen LogP contribution in [0.5, 0.6) is 0 Å². The highest BCUT2D eigenvalue weighted by molar-refractivity contribution is 7.09. The summed E-state index contributed by atoms with van der Waals surface area (Å²) >= 11 is 1.67. The van der Waals surface area contributed by atoms with Crippen molar-refractivity contribution in [2.75, 3.05) is 19.7 Å². The van der Waals surface area contributed by atoms with Crippen LogP contribution in [0.15, 0.2) is 17.5 Å². The molecule has 2 N–H and O–H groups in total. The van der Waals surface area contributed by atoms with Gasteiger partial charge in [0.15, 0.2) is 6.61 Å². The van der Waals surface area contributed by atoms with E-state index in [9.17, 15) is 14.4 Å². The third kappa shape index (κ3) is 5.67. The molecule has 0 aromatic carbocycles. The summed E-state index contributed by atoms with van der Waals surface area (Å²) in [7, 11) is 0. The number of esters is 1. The smallest absolute Gasteiger partial charge is 0.306 e. The minimum absolute atomic E-state index is 0.154. The van der Waals surface area contributed by atoms with E-state index in [2.05, 4.69) is 0 Å². The number of carbonyl (C=O) groups is 3. The number of amides is 2. The van der Waals surface area contributed by atoms with E-state index >= 15 is 0 Å². The zero-order valence-corrected chi connectivity index (χ0v) is 13.8. The fourth-order valence-corrected chi connectivity index (χ4v) is 3.33. The Labute approximate surface area is 139 Å². The van der Waals surface area contributed by atoms with E-state index in [-0.39, 0.29) is 30.3 Å². The molecule has 1 aromatic rings. The molecule has 126 valence electrons. The highest BCUT2D eigenvalue weighted by Gasteiger charge is 2.26. The van der Waals surface area contributed by atoms with Crippen molar-refractivity contribution in [3.8, 4) is 0 Å². The lowest BCUT2D eigenvalue weighted by molar-refractivity contribution is -0.152. The van der Waals surface area contributed by atoms with Gasteiger partial charge in [0.2, 0.25) is 5.91 Å². The number of nitrogens with zero attached hydrogens (tertiary/aromatic N) is 1. The Morgan fingerprint density at radius 3 is 2.65 bits per heavy atom. The van der Waals surface area contributed by atoms with Crippen molar-refractivity contribution in [3.05, 3.63) is 22.4 Å². The van der Waals surface area contributed by atoms with Crippen molar-refractivity contribution in [1.29, 1.82) is 0 Å². The van der Waals surface area contributed by atoms with Crippen molar-refractivity contribution in [2.24, 2.45) is 11.7 Å². The number of rotatable bonds is 7. The number of likely N-dealkylation sites (tertiary alicyclic amines) is 1. The second kappa shape index (κ2) is 8.67. The molecular formula is C16H22N2O4S. The van der Waals surface area contributed by atoms with Crippen molar-refractivity contribution in [3.63, 3.8) is 0 Å². The molecule has 2 amide bonds. The van der Waals surface area contributed by atoms with E-state index in [1.54, 1.807) is 16.2 Å². The van der Waals surface area contributed by atoms with Gasteiger partial charge in [-0.05, 0) is 37.1 Å². The third-order valence-electron chi connectivity index (χ3n) is 3.99. The van der Waals surface area contributed by atoms with Crippen LogP contribution in [0, 0.1) is 5.92 Å². The van der Waals surface area contributed by atoms with E-state index in [4.69, 9.17) is 10.5 Å². The molecule has 0 radical (unpaired) electrons. The first-order valence-corrected chi connectivity index (χ1v) is 8.69. The van der Waals surface area contributed by atoms with Crippen molar-refractivity contribution in [2.45, 2.75) is 32.1 Å². The minimum atomic E-state index is -0.345. The van der Waals surface area contributed by atoms with Gasteiger partial charge in [0.25, 0.3) is 5.91 Å². The summed E-state index contributed by atoms with van der Waals surface area (Å²) in [6.07, 6.45) is 3.04. The Balaban J connectivity index is 1.60. The lowest BCUT2D eigenvalue weighted by Crippen LogP contribution is -2.43. The Kier molecular flexibility index (Phi) is 6.58. The first-order chi connectivity index (χ1) is 11.1. The number of hydrogen-bond acceptors (Lipinski definition) is 5. The SMILES string of the molecule is NC(=O)C1CCN(C(=O)COC(=O)CCCc2cccs2)CC1. The largest absolute Gasteiger partial charge is 0.456 e. The maximum Gasteiger partial charge on any atom is 0.306 e. The van der Waals surface area contributed by atoms with E-state index in [0.717, 1.165) is 12.8 Å². The molecule has 2 rings (SSSR count). The van der Waals surface area contributed by atoms with Gasteiger partial charge in [0.05, 0.1) is 0 Å². The number of primary amides is 1. The number of hydrogen-bond donors (Lipinski definition) is 1. The summed E-state index contributed by atoms with van der Waals surface area (Å²) in [5, 5.41) is 2.01. The second-order valence-electron chi connectivity index (χ2n) is 5.65. The van der Waals surface area contributed by atoms with Crippen LogP contribution in [0.25, 0.3) is 0 Å². The molecule has 0 bridgehead atoms. The van der Waals surface area contributed by atoms with Gasteiger partial charge in [-0.15, -0.1) is 11.3 Å². The van der Waals surface area contributed by atoms with Gasteiger partial charge in [-0.1, -0.05) is 6.07 Å². The predicted molar refractivity (Wildman–Crippen MR) is 86.7 cm³/mol. The molecule has 6 nitrogen and oxygen atoms in total. The predicted octanol–water partition coefficient (Wildman–Crippen LogP) is 1.34. The van der Waals surface area contributed by atoms with E-state index in [1.165, 1.54) is 4.88 Å². The van der Waals surface area contributed by atoms with Crippen LogP contribution in [0.3, 0.4) is 0 Å². The minimum Gasteiger partial charge on any atom is -0.456 e. The van der Waals surface area contributed by atoms with Gasteiger partial charge >= 0.3 is 5.97 Å². The molecule has 0 saturated carbocycles. The topological polar surface area (TPSA) is 89.7 Å². The first-order valence-electron chi connectivity index (χ1n) is 7.81. The highest BCUT2D eigenvalue weighted by atomic mass is 32.1. The van der Waals surface area contributed by atoms with Crippen molar-refractivity contribution in [1.82, 2.24) is 4.90 Å². The summed E-state index contributed by atoms with van der Waals surface area (Å²) in [5.74, 6) is -1.02. The van der Waals surface area contributed by atoms with Crippen LogP contribution in [-0.4, -0.2) is 42.4 Å². The third-order valence-corrected chi connectivity index (χ3v) is 4.93. The van der Waals surface area contributed by atoms with Gasteiger partial charge in [-0.2, -0.15) is 0 Å². The monoisotopic (exact) mass is 338 g/mol. The molecule has 2 heterocycles. The summed E-state index contributed by atoms with van der Waals surface area (Å²) in [6, 6.07) is 4.02. The Morgan fingerprint density at radius 1 is 1.30 bits per heavy atom. The normalized spacial score (nSPS) is 15.4. The molecule has 7 heteroatoms. The van der Waals surface area contributed by atoms with Gasteiger partial charge in [-0.25, -0.2) is 0 Å². The molecule has 0 spiro atoms. The molecule has 1 saturated heterocycles. The van der Waals surface area contributed by atoms with E-state index in [0.29, 0.717) is 32.4 Å². The maximum atomic E-state index is 12.0. The maximum absolute atomic E-state index is 12.0. The molecule has 23 heavy (non-hydrogen) atoms. The summed E-state index contributed by atoms with van der Waals surface area (Å²) in [5.41, 5.74) is 5.26. The molecule has 1 aliphatic rings. The molecule has 0 unspecified atom stereocenters. The lowest BCUT2D eigenvalue weighted by Gasteiger charge is -2.30. The van der Waals surface area contributed by atoms with Crippen LogP contribution in [0.2, 0.25) is 0 Å². The van der Waals surface area contributed by atoms with Gasteiger partial charge < -0.3 is 15.4 Å². The average molecular weight is 338 g/mol. The molecule has 0 atom stereocenters. The van der Waals surface area contributed by atoms with Gasteiger partial charge in [0, 0.05) is 30.3 Å². The molecular weight excluding hydrogens is 316 g/mol. The zero-order chi connectivity index (χ0) is 16.7. The number of ether oxygens (including phenoxy) is 1. The molecule has 1 aliphatic heterocycles.